The van der Waals surface area contributed by atoms with E-state index in [0.29, 0.717) is 38.0 Å². The molecule has 5 aliphatic carbocycles. The fourth-order valence-corrected chi connectivity index (χ4v) is 10.7. The lowest BCUT2D eigenvalue weighted by Gasteiger charge is -2.71. The van der Waals surface area contributed by atoms with Crippen LogP contribution in [0.15, 0.2) is 11.6 Å². The maximum absolute atomic E-state index is 12.8. The second-order valence-corrected chi connectivity index (χ2v) is 14.6. The first-order valence-corrected chi connectivity index (χ1v) is 14.1. The highest BCUT2D eigenvalue weighted by atomic mass is 16.4. The van der Waals surface area contributed by atoms with Crippen molar-refractivity contribution in [2.45, 2.75) is 105 Å². The maximum atomic E-state index is 12.8. The van der Waals surface area contributed by atoms with Crippen molar-refractivity contribution in [3.8, 4) is 0 Å². The van der Waals surface area contributed by atoms with Crippen LogP contribution < -0.4 is 0 Å². The van der Waals surface area contributed by atoms with E-state index in [1.165, 1.54) is 5.57 Å². The Morgan fingerprint density at radius 1 is 0.889 bits per heavy atom. The number of rotatable bonds is 3. The van der Waals surface area contributed by atoms with Crippen molar-refractivity contribution in [2.24, 2.45) is 50.2 Å². The maximum Gasteiger partial charge on any atom is 0.310 e. The lowest BCUT2D eigenvalue weighted by atomic mass is 9.33. The van der Waals surface area contributed by atoms with Crippen molar-refractivity contribution >= 4 is 11.9 Å². The number of hydrogen-bond acceptors (Lipinski definition) is 4. The Morgan fingerprint density at radius 3 is 2.17 bits per heavy atom. The van der Waals surface area contributed by atoms with Crippen LogP contribution in [-0.2, 0) is 9.59 Å². The van der Waals surface area contributed by atoms with Gasteiger partial charge in [0, 0.05) is 5.41 Å². The van der Waals surface area contributed by atoms with Crippen LogP contribution in [0.5, 0.6) is 0 Å². The van der Waals surface area contributed by atoms with Crippen LogP contribution in [-0.4, -0.2) is 45.1 Å². The van der Waals surface area contributed by atoms with Crippen LogP contribution in [0.3, 0.4) is 0 Å². The Hall–Kier alpha value is -1.40. The fraction of sp³-hybridized carbons (Fsp3) is 0.867. The van der Waals surface area contributed by atoms with Gasteiger partial charge in [0.2, 0.25) is 0 Å². The van der Waals surface area contributed by atoms with E-state index in [9.17, 15) is 30.0 Å². The van der Waals surface area contributed by atoms with Crippen LogP contribution in [0.2, 0.25) is 0 Å². The molecule has 6 nitrogen and oxygen atoms in total. The van der Waals surface area contributed by atoms with E-state index in [2.05, 4.69) is 33.8 Å². The van der Waals surface area contributed by atoms with Crippen LogP contribution >= 0.6 is 0 Å². The number of fused-ring (bicyclic) bond motifs is 7. The molecule has 0 bridgehead atoms. The van der Waals surface area contributed by atoms with Gasteiger partial charge in [-0.1, -0.05) is 39.3 Å². The molecule has 10 atom stereocenters. The first kappa shape index (κ1) is 26.2. The number of hydrogen-bond donors (Lipinski definition) is 4. The summed E-state index contributed by atoms with van der Waals surface area (Å²) in [4.78, 5) is 25.0. The van der Waals surface area contributed by atoms with Crippen molar-refractivity contribution < 1.29 is 30.0 Å². The molecule has 0 aromatic heterocycles. The van der Waals surface area contributed by atoms with Crippen molar-refractivity contribution in [1.29, 1.82) is 0 Å². The normalized spacial score (nSPS) is 54.2. The van der Waals surface area contributed by atoms with E-state index in [0.717, 1.165) is 32.1 Å². The third kappa shape index (κ3) is 2.98. The highest BCUT2D eigenvalue weighted by Crippen LogP contribution is 2.75. The van der Waals surface area contributed by atoms with Gasteiger partial charge in [-0.2, -0.15) is 0 Å². The summed E-state index contributed by atoms with van der Waals surface area (Å²) in [6.07, 6.45) is 8.93. The molecule has 0 radical (unpaired) electrons. The smallest absolute Gasteiger partial charge is 0.310 e. The van der Waals surface area contributed by atoms with E-state index in [-0.39, 0.29) is 34.7 Å². The van der Waals surface area contributed by atoms with E-state index >= 15 is 0 Å². The van der Waals surface area contributed by atoms with Crippen molar-refractivity contribution in [2.75, 3.05) is 6.61 Å². The first-order valence-electron chi connectivity index (χ1n) is 14.1. The van der Waals surface area contributed by atoms with E-state index < -0.39 is 34.3 Å². The molecular formula is C30H46O6. The molecule has 4 N–H and O–H groups in total. The van der Waals surface area contributed by atoms with E-state index in [4.69, 9.17) is 0 Å². The number of carboxylic acids is 2. The number of carboxylic acid groups (broad SMARTS) is 2. The quantitative estimate of drug-likeness (QED) is 0.391. The standard InChI is InChI=1S/C30H46O6/c1-25(23(33)34)12-14-30(24(35)36)15-13-28(4)18(19(30)16-25)6-7-21-26(2)10-9-22(32)27(3,17-31)20(26)8-11-29(21,28)5/h6,19-22,31-32H,7-17H2,1-5H3,(H,33,34)(H,35,36). The van der Waals surface area contributed by atoms with Gasteiger partial charge in [-0.3, -0.25) is 9.59 Å². The molecular weight excluding hydrogens is 456 g/mol. The molecule has 202 valence electrons. The summed E-state index contributed by atoms with van der Waals surface area (Å²) < 4.78 is 0. The molecule has 4 saturated carbocycles. The van der Waals surface area contributed by atoms with Crippen LogP contribution in [0.1, 0.15) is 98.8 Å². The zero-order valence-electron chi connectivity index (χ0n) is 22.8. The second-order valence-electron chi connectivity index (χ2n) is 14.6. The molecule has 4 fully saturated rings. The predicted molar refractivity (Wildman–Crippen MR) is 136 cm³/mol. The average molecular weight is 503 g/mol. The molecule has 0 heterocycles. The fourth-order valence-electron chi connectivity index (χ4n) is 10.7. The molecule has 0 aromatic carbocycles. The number of aliphatic hydroxyl groups excluding tert-OH is 2. The van der Waals surface area contributed by atoms with Gasteiger partial charge < -0.3 is 20.4 Å². The molecule has 0 spiro atoms. The molecule has 5 rings (SSSR count). The second kappa shape index (κ2) is 7.81. The summed E-state index contributed by atoms with van der Waals surface area (Å²) in [6, 6.07) is 0. The van der Waals surface area contributed by atoms with Gasteiger partial charge in [0.1, 0.15) is 0 Å². The average Bonchev–Trinajstić information content (AvgIpc) is 2.82. The molecule has 0 aromatic rings. The molecule has 0 saturated heterocycles. The Kier molecular flexibility index (Phi) is 5.69. The molecule has 10 unspecified atom stereocenters. The van der Waals surface area contributed by atoms with Gasteiger partial charge in [-0.25, -0.2) is 0 Å². The lowest BCUT2D eigenvalue weighted by molar-refractivity contribution is -0.217. The Balaban J connectivity index is 1.60. The molecule has 0 aliphatic heterocycles. The van der Waals surface area contributed by atoms with E-state index in [1.807, 2.05) is 0 Å². The van der Waals surface area contributed by atoms with Crippen LogP contribution in [0.25, 0.3) is 0 Å². The van der Waals surface area contributed by atoms with Gasteiger partial charge in [0.15, 0.2) is 0 Å². The molecule has 0 amide bonds. The molecule has 6 heteroatoms. The summed E-state index contributed by atoms with van der Waals surface area (Å²) in [5, 5.41) is 41.9. The predicted octanol–water partition coefficient (Wildman–Crippen LogP) is 5.27. The zero-order valence-corrected chi connectivity index (χ0v) is 22.8. The highest BCUT2D eigenvalue weighted by molar-refractivity contribution is 5.79. The Bertz CT molecular complexity index is 1010. The summed E-state index contributed by atoms with van der Waals surface area (Å²) in [5.41, 5.74) is -1.29. The third-order valence-corrected chi connectivity index (χ3v) is 13.5. The molecule has 36 heavy (non-hydrogen) atoms. The SMILES string of the molecule is CC1(C(=O)O)CCC2(C(=O)O)CCC3(C)C(=CCC4C5(C)CCC(O)C(C)(CO)C5CCC43C)C2C1. The van der Waals surface area contributed by atoms with Gasteiger partial charge in [-0.05, 0) is 105 Å². The largest absolute Gasteiger partial charge is 0.481 e. The minimum Gasteiger partial charge on any atom is -0.481 e. The summed E-state index contributed by atoms with van der Waals surface area (Å²) >= 11 is 0. The number of aliphatic carboxylic acids is 2. The van der Waals surface area contributed by atoms with Gasteiger partial charge in [0.05, 0.1) is 23.5 Å². The summed E-state index contributed by atoms with van der Waals surface area (Å²) in [7, 11) is 0. The number of allylic oxidation sites excluding steroid dienone is 2. The third-order valence-electron chi connectivity index (χ3n) is 13.5. The minimum atomic E-state index is -0.896. The van der Waals surface area contributed by atoms with Gasteiger partial charge >= 0.3 is 11.9 Å². The van der Waals surface area contributed by atoms with Crippen molar-refractivity contribution in [1.82, 2.24) is 0 Å². The van der Waals surface area contributed by atoms with Crippen molar-refractivity contribution in [3.63, 3.8) is 0 Å². The zero-order chi connectivity index (χ0) is 26.5. The van der Waals surface area contributed by atoms with Crippen molar-refractivity contribution in [3.05, 3.63) is 11.6 Å². The molecule has 5 aliphatic rings. The minimum absolute atomic E-state index is 0.00675. The van der Waals surface area contributed by atoms with Gasteiger partial charge in [-0.15, -0.1) is 0 Å². The summed E-state index contributed by atoms with van der Waals surface area (Å²) in [5.74, 6) is -1.20. The Labute approximate surface area is 215 Å². The first-order chi connectivity index (χ1) is 16.6. The van der Waals surface area contributed by atoms with Gasteiger partial charge in [0.25, 0.3) is 0 Å². The number of carbonyl (C=O) groups is 2. The summed E-state index contributed by atoms with van der Waals surface area (Å²) in [6.45, 7) is 11.0. The topological polar surface area (TPSA) is 115 Å². The van der Waals surface area contributed by atoms with E-state index in [1.54, 1.807) is 6.92 Å². The monoisotopic (exact) mass is 502 g/mol. The highest BCUT2D eigenvalue weighted by Gasteiger charge is 2.70. The Morgan fingerprint density at radius 2 is 1.56 bits per heavy atom. The lowest BCUT2D eigenvalue weighted by Crippen LogP contribution is -2.66. The van der Waals surface area contributed by atoms with Crippen LogP contribution in [0, 0.1) is 50.2 Å². The number of aliphatic hydroxyl groups is 2. The van der Waals surface area contributed by atoms with Crippen LogP contribution in [0.4, 0.5) is 0 Å².